The van der Waals surface area contributed by atoms with Crippen LogP contribution in [0.25, 0.3) is 11.4 Å². The molecule has 134 valence electrons. The zero-order valence-electron chi connectivity index (χ0n) is 13.7. The fraction of sp³-hybridized carbons (Fsp3) is 0.312. The molecule has 1 unspecified atom stereocenters. The molecular formula is C16H16F3N3O3. The van der Waals surface area contributed by atoms with Gasteiger partial charge in [0.2, 0.25) is 0 Å². The zero-order chi connectivity index (χ0) is 18.9. The number of alkyl halides is 3. The number of amides is 1. The van der Waals surface area contributed by atoms with Crippen molar-refractivity contribution in [1.82, 2.24) is 14.9 Å². The number of likely N-dealkylation sites (N-methyl/N-ethyl adjacent to an activating group) is 1. The predicted octanol–water partition coefficient (Wildman–Crippen LogP) is 2.95. The smallest absolute Gasteiger partial charge is 0.416 e. The number of carbonyl (C=O) groups is 2. The second-order valence-electron chi connectivity index (χ2n) is 5.57. The quantitative estimate of drug-likeness (QED) is 0.883. The number of hydrogen-bond acceptors (Lipinski definition) is 3. The van der Waals surface area contributed by atoms with Gasteiger partial charge < -0.3 is 15.0 Å². The van der Waals surface area contributed by atoms with E-state index in [0.29, 0.717) is 5.69 Å². The summed E-state index contributed by atoms with van der Waals surface area (Å²) in [5.41, 5.74) is -0.362. The normalized spacial score (nSPS) is 12.7. The molecule has 2 rings (SSSR count). The first kappa shape index (κ1) is 18.5. The van der Waals surface area contributed by atoms with E-state index in [2.05, 4.69) is 9.97 Å². The van der Waals surface area contributed by atoms with Gasteiger partial charge in [-0.05, 0) is 26.0 Å². The van der Waals surface area contributed by atoms with E-state index in [1.165, 1.54) is 33.0 Å². The maximum Gasteiger partial charge on any atom is 0.416 e. The van der Waals surface area contributed by atoms with Crippen molar-refractivity contribution in [2.45, 2.75) is 26.1 Å². The summed E-state index contributed by atoms with van der Waals surface area (Å²) in [5, 5.41) is 8.98. The number of aromatic nitrogens is 2. The largest absolute Gasteiger partial charge is 0.480 e. The fourth-order valence-electron chi connectivity index (χ4n) is 2.16. The summed E-state index contributed by atoms with van der Waals surface area (Å²) in [6, 6.07) is 3.48. The summed E-state index contributed by atoms with van der Waals surface area (Å²) in [4.78, 5) is 31.2. The summed E-state index contributed by atoms with van der Waals surface area (Å²) in [6.07, 6.45) is -4.49. The molecule has 1 atom stereocenters. The summed E-state index contributed by atoms with van der Waals surface area (Å²) >= 11 is 0. The molecule has 1 amide bonds. The third kappa shape index (κ3) is 3.81. The minimum absolute atomic E-state index is 0.0389. The van der Waals surface area contributed by atoms with Gasteiger partial charge in [0, 0.05) is 18.3 Å². The van der Waals surface area contributed by atoms with Crippen molar-refractivity contribution in [3.8, 4) is 11.4 Å². The van der Waals surface area contributed by atoms with Gasteiger partial charge >= 0.3 is 12.1 Å². The minimum atomic E-state index is -4.49. The number of imidazole rings is 1. The van der Waals surface area contributed by atoms with Crippen molar-refractivity contribution < 1.29 is 27.9 Å². The standard InChI is InChI=1S/C16H16F3N3O3/c1-8-12(14(23)22(3)9(2)15(24)25)21-13(20-8)10-5-4-6-11(7-10)16(17,18)19/h4-7,9H,1-3H3,(H,20,21)(H,24,25). The van der Waals surface area contributed by atoms with Crippen molar-refractivity contribution >= 4 is 11.9 Å². The number of aliphatic carboxylic acids is 1. The first-order chi connectivity index (χ1) is 11.5. The van der Waals surface area contributed by atoms with Gasteiger partial charge in [-0.3, -0.25) is 4.79 Å². The highest BCUT2D eigenvalue weighted by molar-refractivity contribution is 5.96. The van der Waals surface area contributed by atoms with Gasteiger partial charge in [0.1, 0.15) is 17.6 Å². The van der Waals surface area contributed by atoms with Crippen LogP contribution in [0.5, 0.6) is 0 Å². The second kappa shape index (κ2) is 6.58. The molecule has 0 aliphatic carbocycles. The summed E-state index contributed by atoms with van der Waals surface area (Å²) in [5.74, 6) is -1.72. The van der Waals surface area contributed by atoms with Crippen LogP contribution in [0.15, 0.2) is 24.3 Å². The van der Waals surface area contributed by atoms with E-state index in [1.54, 1.807) is 0 Å². The Bertz CT molecular complexity index is 814. The Morgan fingerprint density at radius 1 is 1.32 bits per heavy atom. The number of benzene rings is 1. The molecule has 0 radical (unpaired) electrons. The van der Waals surface area contributed by atoms with Crippen LogP contribution in [0.2, 0.25) is 0 Å². The highest BCUT2D eigenvalue weighted by atomic mass is 19.4. The van der Waals surface area contributed by atoms with E-state index in [0.717, 1.165) is 17.0 Å². The van der Waals surface area contributed by atoms with E-state index < -0.39 is 29.7 Å². The SMILES string of the molecule is Cc1[nH]c(-c2cccc(C(F)(F)F)c2)nc1C(=O)N(C)C(C)C(=O)O. The topological polar surface area (TPSA) is 86.3 Å². The molecule has 0 saturated heterocycles. The van der Waals surface area contributed by atoms with Crippen molar-refractivity contribution in [2.24, 2.45) is 0 Å². The Kier molecular flexibility index (Phi) is 4.87. The van der Waals surface area contributed by atoms with E-state index in [1.807, 2.05) is 0 Å². The van der Waals surface area contributed by atoms with Crippen LogP contribution < -0.4 is 0 Å². The highest BCUT2D eigenvalue weighted by Gasteiger charge is 2.31. The average molecular weight is 355 g/mol. The number of aryl methyl sites for hydroxylation is 1. The maximum absolute atomic E-state index is 12.8. The molecule has 25 heavy (non-hydrogen) atoms. The Balaban J connectivity index is 2.38. The molecule has 1 aromatic heterocycles. The Morgan fingerprint density at radius 3 is 2.52 bits per heavy atom. The predicted molar refractivity (Wildman–Crippen MR) is 83.0 cm³/mol. The zero-order valence-corrected chi connectivity index (χ0v) is 13.7. The lowest BCUT2D eigenvalue weighted by atomic mass is 10.1. The lowest BCUT2D eigenvalue weighted by Gasteiger charge is -2.20. The number of nitrogens with zero attached hydrogens (tertiary/aromatic N) is 2. The molecular weight excluding hydrogens is 339 g/mol. The van der Waals surface area contributed by atoms with Crippen LogP contribution in [0, 0.1) is 6.92 Å². The van der Waals surface area contributed by atoms with Crippen molar-refractivity contribution in [1.29, 1.82) is 0 Å². The van der Waals surface area contributed by atoms with Gasteiger partial charge in [-0.2, -0.15) is 13.2 Å². The van der Waals surface area contributed by atoms with Crippen molar-refractivity contribution in [3.05, 3.63) is 41.2 Å². The van der Waals surface area contributed by atoms with Crippen LogP contribution in [0.1, 0.15) is 28.7 Å². The molecule has 0 aliphatic heterocycles. The second-order valence-corrected chi connectivity index (χ2v) is 5.57. The molecule has 0 saturated carbocycles. The molecule has 0 spiro atoms. The first-order valence-electron chi connectivity index (χ1n) is 7.26. The number of carbonyl (C=O) groups excluding carboxylic acids is 1. The fourth-order valence-corrected chi connectivity index (χ4v) is 2.16. The lowest BCUT2D eigenvalue weighted by molar-refractivity contribution is -0.141. The number of carboxylic acids is 1. The van der Waals surface area contributed by atoms with Crippen LogP contribution in [-0.4, -0.2) is 44.9 Å². The molecule has 2 N–H and O–H groups in total. The van der Waals surface area contributed by atoms with Gasteiger partial charge in [-0.15, -0.1) is 0 Å². The number of H-pyrrole nitrogens is 1. The van der Waals surface area contributed by atoms with Gasteiger partial charge in [0.05, 0.1) is 5.56 Å². The molecule has 9 heteroatoms. The number of rotatable bonds is 4. The van der Waals surface area contributed by atoms with Crippen molar-refractivity contribution in [2.75, 3.05) is 7.05 Å². The Morgan fingerprint density at radius 2 is 1.96 bits per heavy atom. The van der Waals surface area contributed by atoms with Crippen molar-refractivity contribution in [3.63, 3.8) is 0 Å². The van der Waals surface area contributed by atoms with Crippen LogP contribution in [-0.2, 0) is 11.0 Å². The molecule has 6 nitrogen and oxygen atoms in total. The van der Waals surface area contributed by atoms with Crippen LogP contribution in [0.4, 0.5) is 13.2 Å². The highest BCUT2D eigenvalue weighted by Crippen LogP contribution is 2.31. The molecule has 0 bridgehead atoms. The number of halogens is 3. The molecule has 2 aromatic rings. The summed E-state index contributed by atoms with van der Waals surface area (Å²) < 4.78 is 38.5. The lowest BCUT2D eigenvalue weighted by Crippen LogP contribution is -2.40. The van der Waals surface area contributed by atoms with E-state index in [-0.39, 0.29) is 17.1 Å². The van der Waals surface area contributed by atoms with E-state index in [4.69, 9.17) is 5.11 Å². The molecule has 0 fully saturated rings. The maximum atomic E-state index is 12.8. The third-order valence-electron chi connectivity index (χ3n) is 3.81. The van der Waals surface area contributed by atoms with Gasteiger partial charge in [-0.25, -0.2) is 9.78 Å². The van der Waals surface area contributed by atoms with Crippen LogP contribution >= 0.6 is 0 Å². The minimum Gasteiger partial charge on any atom is -0.480 e. The Labute approximate surface area is 141 Å². The monoisotopic (exact) mass is 355 g/mol. The number of nitrogens with one attached hydrogen (secondary N) is 1. The Hall–Kier alpha value is -2.84. The average Bonchev–Trinajstić information content (AvgIpc) is 2.93. The number of hydrogen-bond donors (Lipinski definition) is 2. The number of aromatic amines is 1. The van der Waals surface area contributed by atoms with Gasteiger partial charge in [0.15, 0.2) is 0 Å². The number of carboxylic acid groups (broad SMARTS) is 1. The molecule has 0 aliphatic rings. The van der Waals surface area contributed by atoms with Gasteiger partial charge in [0.25, 0.3) is 5.91 Å². The third-order valence-corrected chi connectivity index (χ3v) is 3.81. The van der Waals surface area contributed by atoms with Gasteiger partial charge in [-0.1, -0.05) is 12.1 Å². The summed E-state index contributed by atoms with van der Waals surface area (Å²) in [6.45, 7) is 2.88. The van der Waals surface area contributed by atoms with E-state index >= 15 is 0 Å². The van der Waals surface area contributed by atoms with E-state index in [9.17, 15) is 22.8 Å². The van der Waals surface area contributed by atoms with Crippen LogP contribution in [0.3, 0.4) is 0 Å². The molecule has 1 aromatic carbocycles. The molecule has 1 heterocycles. The first-order valence-corrected chi connectivity index (χ1v) is 7.26. The summed E-state index contributed by atoms with van der Waals surface area (Å²) in [7, 11) is 1.32.